The van der Waals surface area contributed by atoms with Crippen molar-refractivity contribution in [3.05, 3.63) is 58.9 Å². The topological polar surface area (TPSA) is 73.8 Å². The number of hydrogen-bond acceptors (Lipinski definition) is 5. The second-order valence-corrected chi connectivity index (χ2v) is 7.45. The number of likely N-dealkylation sites (tertiary alicyclic amines) is 1. The van der Waals surface area contributed by atoms with Gasteiger partial charge in [0.1, 0.15) is 11.4 Å². The Morgan fingerprint density at radius 1 is 1.20 bits per heavy atom. The van der Waals surface area contributed by atoms with Gasteiger partial charge < -0.3 is 25.4 Å². The van der Waals surface area contributed by atoms with Crippen LogP contribution in [0.15, 0.2) is 30.3 Å². The molecule has 6 nitrogen and oxygen atoms in total. The van der Waals surface area contributed by atoms with Gasteiger partial charge >= 0.3 is 0 Å². The zero-order valence-electron chi connectivity index (χ0n) is 16.8. The number of aliphatic hydroxyl groups is 1. The number of halogens is 3. The van der Waals surface area contributed by atoms with Crippen LogP contribution in [0.3, 0.4) is 0 Å². The molecule has 2 aromatic rings. The molecule has 0 bridgehead atoms. The third-order valence-electron chi connectivity index (χ3n) is 4.90. The molecule has 1 fully saturated rings. The molecule has 0 aromatic heterocycles. The molecule has 0 atom stereocenters. The number of aryl methyl sites for hydroxylation is 1. The Morgan fingerprint density at radius 2 is 1.93 bits per heavy atom. The minimum absolute atomic E-state index is 0.0309. The lowest BCUT2D eigenvalue weighted by Crippen LogP contribution is -2.67. The van der Waals surface area contributed by atoms with Gasteiger partial charge in [-0.3, -0.25) is 4.79 Å². The van der Waals surface area contributed by atoms with Crippen LogP contribution in [-0.4, -0.2) is 61.4 Å². The molecule has 9 heteroatoms. The lowest BCUT2D eigenvalue weighted by molar-refractivity contribution is -0.0788. The molecule has 162 valence electrons. The number of carbonyl (C=O) groups excluding carboxylic acids is 1. The van der Waals surface area contributed by atoms with E-state index in [1.54, 1.807) is 20.1 Å². The van der Waals surface area contributed by atoms with E-state index >= 15 is 0 Å². The summed E-state index contributed by atoms with van der Waals surface area (Å²) in [6, 6.07) is 6.22. The van der Waals surface area contributed by atoms with E-state index in [1.807, 2.05) is 0 Å². The first-order valence-electron chi connectivity index (χ1n) is 9.46. The summed E-state index contributed by atoms with van der Waals surface area (Å²) in [6.07, 6.45) is 0. The Morgan fingerprint density at radius 3 is 2.60 bits per heavy atom. The predicted octanol–water partition coefficient (Wildman–Crippen LogP) is 2.58. The number of amides is 1. The van der Waals surface area contributed by atoms with Crippen molar-refractivity contribution in [2.75, 3.05) is 45.2 Å². The second-order valence-electron chi connectivity index (χ2n) is 7.45. The summed E-state index contributed by atoms with van der Waals surface area (Å²) < 4.78 is 47.4. The Labute approximate surface area is 172 Å². The van der Waals surface area contributed by atoms with Crippen molar-refractivity contribution in [1.29, 1.82) is 0 Å². The van der Waals surface area contributed by atoms with E-state index in [0.717, 1.165) is 12.1 Å². The fraction of sp³-hybridized carbons (Fsp3) is 0.381. The highest BCUT2D eigenvalue weighted by atomic mass is 19.2. The van der Waals surface area contributed by atoms with Gasteiger partial charge in [-0.1, -0.05) is 6.07 Å². The van der Waals surface area contributed by atoms with E-state index in [-0.39, 0.29) is 30.9 Å². The molecule has 30 heavy (non-hydrogen) atoms. The van der Waals surface area contributed by atoms with E-state index in [2.05, 4.69) is 10.6 Å². The number of hydrogen-bond donors (Lipinski definition) is 3. The first-order chi connectivity index (χ1) is 14.2. The SMILES string of the molecule is COCCNCC1(O)CN(C(=O)c2ccc(F)c(F)c2Nc2ccc(C)cc2F)C1. The molecule has 1 saturated heterocycles. The molecular formula is C21H24F3N3O3. The Kier molecular flexibility index (Phi) is 6.64. The van der Waals surface area contributed by atoms with Gasteiger partial charge in [0.05, 0.1) is 36.6 Å². The number of methoxy groups -OCH3 is 1. The van der Waals surface area contributed by atoms with Crippen LogP contribution in [0.5, 0.6) is 0 Å². The summed E-state index contributed by atoms with van der Waals surface area (Å²) in [5, 5.41) is 16.0. The molecule has 0 unspecified atom stereocenters. The van der Waals surface area contributed by atoms with E-state index in [1.165, 1.54) is 17.0 Å². The average molecular weight is 423 g/mol. The molecule has 3 rings (SSSR count). The second kappa shape index (κ2) is 9.03. The maximum Gasteiger partial charge on any atom is 0.256 e. The quantitative estimate of drug-likeness (QED) is 0.570. The summed E-state index contributed by atoms with van der Waals surface area (Å²) in [6.45, 7) is 3.05. The molecule has 1 aliphatic heterocycles. The third kappa shape index (κ3) is 4.75. The van der Waals surface area contributed by atoms with E-state index in [4.69, 9.17) is 4.74 Å². The molecule has 1 heterocycles. The number of carbonyl (C=O) groups is 1. The third-order valence-corrected chi connectivity index (χ3v) is 4.90. The minimum Gasteiger partial charge on any atom is -0.385 e. The van der Waals surface area contributed by atoms with Crippen molar-refractivity contribution in [3.63, 3.8) is 0 Å². The number of nitrogens with zero attached hydrogens (tertiary/aromatic N) is 1. The number of anilines is 2. The summed E-state index contributed by atoms with van der Waals surface area (Å²) in [5.74, 6) is -3.69. The van der Waals surface area contributed by atoms with Crippen molar-refractivity contribution in [2.24, 2.45) is 0 Å². The zero-order valence-corrected chi connectivity index (χ0v) is 16.8. The van der Waals surface area contributed by atoms with Crippen molar-refractivity contribution in [3.8, 4) is 0 Å². The minimum atomic E-state index is -1.28. The highest BCUT2D eigenvalue weighted by molar-refractivity contribution is 6.01. The van der Waals surface area contributed by atoms with Crippen LogP contribution in [-0.2, 0) is 4.74 Å². The fourth-order valence-corrected chi connectivity index (χ4v) is 3.29. The number of rotatable bonds is 8. The van der Waals surface area contributed by atoms with Crippen LogP contribution in [0, 0.1) is 24.4 Å². The van der Waals surface area contributed by atoms with Crippen LogP contribution >= 0.6 is 0 Å². The van der Waals surface area contributed by atoms with Crippen molar-refractivity contribution in [1.82, 2.24) is 10.2 Å². The van der Waals surface area contributed by atoms with Gasteiger partial charge in [-0.05, 0) is 36.8 Å². The normalized spacial score (nSPS) is 15.1. The molecule has 0 spiro atoms. The highest BCUT2D eigenvalue weighted by Crippen LogP contribution is 2.31. The van der Waals surface area contributed by atoms with Gasteiger partial charge in [-0.25, -0.2) is 13.2 Å². The Balaban J connectivity index is 1.76. The number of benzene rings is 2. The maximum atomic E-state index is 14.5. The maximum absolute atomic E-state index is 14.5. The molecule has 1 aliphatic rings. The zero-order chi connectivity index (χ0) is 21.9. The average Bonchev–Trinajstić information content (AvgIpc) is 2.68. The molecular weight excluding hydrogens is 399 g/mol. The Hall–Kier alpha value is -2.62. The number of nitrogens with one attached hydrogen (secondary N) is 2. The van der Waals surface area contributed by atoms with Gasteiger partial charge in [0, 0.05) is 20.2 Å². The Bertz CT molecular complexity index is 933. The van der Waals surface area contributed by atoms with Crippen LogP contribution in [0.2, 0.25) is 0 Å². The van der Waals surface area contributed by atoms with Gasteiger partial charge in [-0.2, -0.15) is 0 Å². The molecule has 0 radical (unpaired) electrons. The smallest absolute Gasteiger partial charge is 0.256 e. The monoisotopic (exact) mass is 423 g/mol. The standard InChI is InChI=1S/C21H24F3N3O3/c1-13-3-6-17(16(23)9-13)26-19-14(4-5-15(22)18(19)24)20(28)27-11-21(29,12-27)10-25-7-8-30-2/h3-6,9,25-26,29H,7-8,10-12H2,1-2H3. The van der Waals surface area contributed by atoms with E-state index in [0.29, 0.717) is 18.7 Å². The lowest BCUT2D eigenvalue weighted by atomic mass is 9.92. The molecule has 2 aromatic carbocycles. The van der Waals surface area contributed by atoms with Crippen LogP contribution in [0.4, 0.5) is 24.5 Å². The largest absolute Gasteiger partial charge is 0.385 e. The number of ether oxygens (including phenoxy) is 1. The van der Waals surface area contributed by atoms with E-state index in [9.17, 15) is 23.1 Å². The summed E-state index contributed by atoms with van der Waals surface area (Å²) >= 11 is 0. The first kappa shape index (κ1) is 22.1. The van der Waals surface area contributed by atoms with Crippen molar-refractivity contribution in [2.45, 2.75) is 12.5 Å². The van der Waals surface area contributed by atoms with E-state index < -0.39 is 34.6 Å². The van der Waals surface area contributed by atoms with Gasteiger partial charge in [-0.15, -0.1) is 0 Å². The van der Waals surface area contributed by atoms with Gasteiger partial charge in [0.15, 0.2) is 11.6 Å². The predicted molar refractivity (Wildman–Crippen MR) is 106 cm³/mol. The molecule has 0 saturated carbocycles. The van der Waals surface area contributed by atoms with Gasteiger partial charge in [0.2, 0.25) is 0 Å². The first-order valence-corrected chi connectivity index (χ1v) is 9.46. The van der Waals surface area contributed by atoms with Gasteiger partial charge in [0.25, 0.3) is 5.91 Å². The molecule has 3 N–H and O–H groups in total. The highest BCUT2D eigenvalue weighted by Gasteiger charge is 2.44. The number of β-amino-alcohol motifs (C(OH)–C–C–N with tert-alkyl or cyclic N) is 1. The summed E-state index contributed by atoms with van der Waals surface area (Å²) in [4.78, 5) is 14.2. The fourth-order valence-electron chi connectivity index (χ4n) is 3.29. The van der Waals surface area contributed by atoms with Crippen LogP contribution in [0.1, 0.15) is 15.9 Å². The summed E-state index contributed by atoms with van der Waals surface area (Å²) in [5.41, 5.74) is -1.13. The summed E-state index contributed by atoms with van der Waals surface area (Å²) in [7, 11) is 1.57. The van der Waals surface area contributed by atoms with Crippen molar-refractivity contribution >= 4 is 17.3 Å². The van der Waals surface area contributed by atoms with Crippen LogP contribution in [0.25, 0.3) is 0 Å². The lowest BCUT2D eigenvalue weighted by Gasteiger charge is -2.46. The van der Waals surface area contributed by atoms with Crippen LogP contribution < -0.4 is 10.6 Å². The van der Waals surface area contributed by atoms with Crippen molar-refractivity contribution < 1.29 is 27.8 Å². The molecule has 1 amide bonds. The molecule has 0 aliphatic carbocycles.